The average molecular weight is 648 g/mol. The molecule has 2 aromatic heterocycles. The molecule has 0 aliphatic heterocycles. The Balaban J connectivity index is 1.76. The highest BCUT2D eigenvalue weighted by atomic mass is 79.9. The molecule has 9 heteroatoms. The van der Waals surface area contributed by atoms with Gasteiger partial charge in [0.25, 0.3) is 0 Å². The maximum absolute atomic E-state index is 6.31. The lowest BCUT2D eigenvalue weighted by molar-refractivity contribution is -0.670. The summed E-state index contributed by atoms with van der Waals surface area (Å²) in [4.78, 5) is 0. The number of aromatic nitrogens is 4. The van der Waals surface area contributed by atoms with Crippen LogP contribution in [0, 0.1) is 0 Å². The van der Waals surface area contributed by atoms with Gasteiger partial charge in [-0.25, -0.2) is 18.3 Å². The van der Waals surface area contributed by atoms with E-state index in [1.165, 1.54) is 0 Å². The van der Waals surface area contributed by atoms with E-state index in [2.05, 4.69) is 63.7 Å². The summed E-state index contributed by atoms with van der Waals surface area (Å²) in [6.45, 7) is 0. The minimum Gasteiger partial charge on any atom is -0.455 e. The second-order valence-corrected chi connectivity index (χ2v) is 9.96. The summed E-state index contributed by atoms with van der Waals surface area (Å²) < 4.78 is 18.0. The molecule has 0 spiro atoms. The van der Waals surface area contributed by atoms with Gasteiger partial charge in [-0.1, -0.05) is 0 Å². The minimum absolute atomic E-state index is 0.714. The van der Waals surface area contributed by atoms with Gasteiger partial charge in [0.2, 0.25) is 12.7 Å². The second kappa shape index (κ2) is 8.37. The molecule has 0 saturated carbocycles. The van der Waals surface area contributed by atoms with E-state index < -0.39 is 0 Å². The van der Waals surface area contributed by atoms with Crippen molar-refractivity contribution in [1.29, 1.82) is 0 Å². The number of hydrogen-bond donors (Lipinski definition) is 0. The summed E-state index contributed by atoms with van der Waals surface area (Å²) in [5.74, 6) is 1.43. The van der Waals surface area contributed by atoms with Crippen LogP contribution in [0.4, 0.5) is 0 Å². The number of imidazole rings is 2. The number of hydrogen-bond acceptors (Lipinski definition) is 1. The normalized spacial score (nSPS) is 11.1. The van der Waals surface area contributed by atoms with Crippen molar-refractivity contribution in [3.8, 4) is 22.9 Å². The van der Waals surface area contributed by atoms with Crippen LogP contribution >= 0.6 is 63.7 Å². The van der Waals surface area contributed by atoms with Crippen LogP contribution < -0.4 is 13.9 Å². The highest BCUT2D eigenvalue weighted by Crippen LogP contribution is 2.40. The van der Waals surface area contributed by atoms with Gasteiger partial charge < -0.3 is 4.74 Å². The molecule has 0 N–H and O–H groups in total. The van der Waals surface area contributed by atoms with Crippen LogP contribution in [0.3, 0.4) is 0 Å². The summed E-state index contributed by atoms with van der Waals surface area (Å²) in [6.07, 6.45) is 12.0. The molecule has 4 aromatic rings. The van der Waals surface area contributed by atoms with Gasteiger partial charge in [0.15, 0.2) is 0 Å². The first-order chi connectivity index (χ1) is 13.8. The third-order valence-electron chi connectivity index (χ3n) is 4.32. The van der Waals surface area contributed by atoms with Crippen LogP contribution in [0.1, 0.15) is 0 Å². The number of rotatable bonds is 4. The molecular formula is C20H16Br4N4O+2. The highest BCUT2D eigenvalue weighted by molar-refractivity contribution is 9.11. The van der Waals surface area contributed by atoms with Gasteiger partial charge in [-0.15, -0.1) is 0 Å². The Bertz CT molecular complexity index is 1120. The molecule has 0 bridgehead atoms. The Kier molecular flexibility index (Phi) is 6.02. The van der Waals surface area contributed by atoms with E-state index in [1.807, 2.05) is 94.1 Å². The van der Waals surface area contributed by atoms with Crippen molar-refractivity contribution in [2.45, 2.75) is 0 Å². The van der Waals surface area contributed by atoms with E-state index in [-0.39, 0.29) is 0 Å². The lowest BCUT2D eigenvalue weighted by Crippen LogP contribution is -2.23. The number of ether oxygens (including phenoxy) is 1. The summed E-state index contributed by atoms with van der Waals surface area (Å²) in [5.41, 5.74) is 1.96. The zero-order chi connectivity index (χ0) is 20.7. The van der Waals surface area contributed by atoms with Gasteiger partial charge >= 0.3 is 0 Å². The second-order valence-electron chi connectivity index (χ2n) is 6.54. The third kappa shape index (κ3) is 4.38. The molecular weight excluding hydrogens is 632 g/mol. The van der Waals surface area contributed by atoms with Crippen LogP contribution in [-0.4, -0.2) is 9.13 Å². The number of benzene rings is 2. The topological polar surface area (TPSA) is 26.8 Å². The van der Waals surface area contributed by atoms with Gasteiger partial charge in [0.1, 0.15) is 47.7 Å². The Morgan fingerprint density at radius 1 is 0.655 bits per heavy atom. The highest BCUT2D eigenvalue weighted by Gasteiger charge is 2.18. The first-order valence-corrected chi connectivity index (χ1v) is 11.7. The van der Waals surface area contributed by atoms with E-state index >= 15 is 0 Å². The fraction of sp³-hybridized carbons (Fsp3) is 0.100. The van der Waals surface area contributed by atoms with Gasteiger partial charge in [0.05, 0.1) is 32.0 Å². The number of aryl methyl sites for hydroxylation is 2. The first-order valence-electron chi connectivity index (χ1n) is 8.55. The van der Waals surface area contributed by atoms with Crippen molar-refractivity contribution in [2.24, 2.45) is 14.1 Å². The fourth-order valence-electron chi connectivity index (χ4n) is 2.89. The third-order valence-corrected chi connectivity index (χ3v) is 6.83. The molecule has 4 rings (SSSR count). The average Bonchev–Trinajstić information content (AvgIpc) is 3.27. The van der Waals surface area contributed by atoms with E-state index in [4.69, 9.17) is 4.74 Å². The number of halogens is 4. The Labute approximate surface area is 202 Å². The van der Waals surface area contributed by atoms with Crippen LogP contribution in [0.2, 0.25) is 0 Å². The molecule has 0 fully saturated rings. The maximum atomic E-state index is 6.31. The van der Waals surface area contributed by atoms with Crippen LogP contribution in [0.15, 0.2) is 79.6 Å². The molecule has 148 valence electrons. The molecule has 0 aliphatic carbocycles. The molecule has 0 amide bonds. The van der Waals surface area contributed by atoms with Gasteiger partial charge in [-0.3, -0.25) is 0 Å². The summed E-state index contributed by atoms with van der Waals surface area (Å²) in [6, 6.07) is 7.98. The molecule has 2 heterocycles. The monoisotopic (exact) mass is 644 g/mol. The molecule has 0 atom stereocenters. The number of nitrogens with zero attached hydrogens (tertiary/aromatic N) is 4. The Hall–Kier alpha value is -1.42. The molecule has 0 unspecified atom stereocenters. The van der Waals surface area contributed by atoms with E-state index in [0.717, 1.165) is 29.3 Å². The van der Waals surface area contributed by atoms with E-state index in [9.17, 15) is 0 Å². The van der Waals surface area contributed by atoms with E-state index in [1.54, 1.807) is 0 Å². The minimum atomic E-state index is 0.714. The summed E-state index contributed by atoms with van der Waals surface area (Å²) in [7, 11) is 3.98. The molecule has 5 nitrogen and oxygen atoms in total. The standard InChI is InChI=1S/C20H16Br4N4O/c1-25-3-5-27(11-25)17-9-19(15(23)7-13(17)21)29-20-10-18(14(22)8-16(20)24)28-6-4-26(2)12-28/h3-12H,1-2H3/q+2. The van der Waals surface area contributed by atoms with Crippen molar-refractivity contribution >= 4 is 63.7 Å². The molecule has 0 saturated heterocycles. The summed E-state index contributed by atoms with van der Waals surface area (Å²) >= 11 is 14.5. The van der Waals surface area contributed by atoms with Crippen molar-refractivity contribution in [3.05, 3.63) is 79.6 Å². The summed E-state index contributed by atoms with van der Waals surface area (Å²) in [5, 5.41) is 0. The largest absolute Gasteiger partial charge is 0.455 e. The van der Waals surface area contributed by atoms with Gasteiger partial charge in [-0.2, -0.15) is 0 Å². The molecule has 29 heavy (non-hydrogen) atoms. The van der Waals surface area contributed by atoms with Crippen molar-refractivity contribution in [1.82, 2.24) is 9.13 Å². The zero-order valence-electron chi connectivity index (χ0n) is 15.5. The van der Waals surface area contributed by atoms with E-state index in [0.29, 0.717) is 11.5 Å². The van der Waals surface area contributed by atoms with Crippen molar-refractivity contribution < 1.29 is 13.9 Å². The predicted molar refractivity (Wildman–Crippen MR) is 125 cm³/mol. The van der Waals surface area contributed by atoms with Gasteiger partial charge in [-0.05, 0) is 75.9 Å². The lowest BCUT2D eigenvalue weighted by Gasteiger charge is -2.13. The SMILES string of the molecule is C[n+]1ccn(-c2cc(Oc3cc(-n4cc[n+](C)c4)c(Br)cc3Br)c(Br)cc2Br)c1. The fourth-order valence-corrected chi connectivity index (χ4v) is 5.45. The van der Waals surface area contributed by atoms with Crippen molar-refractivity contribution in [2.75, 3.05) is 0 Å². The molecule has 2 aromatic carbocycles. The first kappa shape index (κ1) is 20.8. The Morgan fingerprint density at radius 2 is 1.07 bits per heavy atom. The lowest BCUT2D eigenvalue weighted by atomic mass is 10.2. The zero-order valence-corrected chi connectivity index (χ0v) is 21.8. The van der Waals surface area contributed by atoms with Crippen LogP contribution in [0.5, 0.6) is 11.5 Å². The van der Waals surface area contributed by atoms with Crippen molar-refractivity contribution in [3.63, 3.8) is 0 Å². The Morgan fingerprint density at radius 3 is 1.41 bits per heavy atom. The molecule has 0 radical (unpaired) electrons. The predicted octanol–water partition coefficient (Wildman–Crippen LogP) is 5.76. The maximum Gasteiger partial charge on any atom is 0.248 e. The quantitative estimate of drug-likeness (QED) is 0.259. The smallest absolute Gasteiger partial charge is 0.248 e. The van der Waals surface area contributed by atoms with Crippen LogP contribution in [0.25, 0.3) is 11.4 Å². The van der Waals surface area contributed by atoms with Crippen LogP contribution in [-0.2, 0) is 14.1 Å². The van der Waals surface area contributed by atoms with Gasteiger partial charge in [0, 0.05) is 12.1 Å². The molecule has 0 aliphatic rings.